The molecule has 2 amide bonds. The number of amides is 2. The Morgan fingerprint density at radius 2 is 0.898 bits per heavy atom. The third-order valence-electron chi connectivity index (χ3n) is 21.8. The molecule has 0 aromatic carbocycles. The average molecular weight is 1540 g/mol. The molecule has 23 heteroatoms. The molecule has 0 spiro atoms. The second-order valence-electron chi connectivity index (χ2n) is 31.4. The van der Waals surface area contributed by atoms with Crippen LogP contribution in [-0.2, 0) is 42.8 Å². The van der Waals surface area contributed by atoms with E-state index >= 15 is 0 Å². The molecule has 108 heavy (non-hydrogen) atoms. The second-order valence-corrected chi connectivity index (χ2v) is 31.4. The Kier molecular flexibility index (Phi) is 58.1. The summed E-state index contributed by atoms with van der Waals surface area (Å²) in [5.74, 6) is -6.14. The van der Waals surface area contributed by atoms with Crippen LogP contribution in [0.5, 0.6) is 0 Å². The Labute approximate surface area is 650 Å². The van der Waals surface area contributed by atoms with Crippen LogP contribution in [0, 0.1) is 0 Å². The molecule has 632 valence electrons. The van der Waals surface area contributed by atoms with Gasteiger partial charge in [0.1, 0.15) is 67.1 Å². The maximum atomic E-state index is 13.5. The summed E-state index contributed by atoms with van der Waals surface area (Å²) in [7, 11) is 0. The zero-order chi connectivity index (χ0) is 78.8. The van der Waals surface area contributed by atoms with Gasteiger partial charge in [0.05, 0.1) is 50.7 Å². The van der Waals surface area contributed by atoms with Crippen molar-refractivity contribution >= 4 is 17.8 Å². The zero-order valence-corrected chi connectivity index (χ0v) is 67.2. The van der Waals surface area contributed by atoms with E-state index in [1.54, 1.807) is 6.08 Å². The first kappa shape index (κ1) is 99.1. The Morgan fingerprint density at radius 3 is 1.31 bits per heavy atom. The molecule has 3 aliphatic heterocycles. The summed E-state index contributed by atoms with van der Waals surface area (Å²) in [6, 6.07) is -2.62. The van der Waals surface area contributed by atoms with Crippen molar-refractivity contribution < 1.29 is 104 Å². The van der Waals surface area contributed by atoms with Crippen LogP contribution in [0.3, 0.4) is 0 Å². The van der Waals surface area contributed by atoms with Crippen molar-refractivity contribution in [3.05, 3.63) is 36.5 Å². The lowest BCUT2D eigenvalue weighted by Gasteiger charge is -2.50. The fourth-order valence-corrected chi connectivity index (χ4v) is 15.0. The lowest BCUT2D eigenvalue weighted by Crippen LogP contribution is -2.70. The van der Waals surface area contributed by atoms with Gasteiger partial charge in [-0.25, -0.2) is 4.79 Å². The Bertz CT molecular complexity index is 2290. The highest BCUT2D eigenvalue weighted by molar-refractivity contribution is 5.77. The molecule has 0 radical (unpaired) electrons. The van der Waals surface area contributed by atoms with Crippen molar-refractivity contribution in [3.63, 3.8) is 0 Å². The van der Waals surface area contributed by atoms with Crippen LogP contribution in [0.4, 0.5) is 0 Å². The third-order valence-corrected chi connectivity index (χ3v) is 21.8. The maximum absolute atomic E-state index is 13.5. The molecule has 3 rings (SSSR count). The molecule has 14 N–H and O–H groups in total. The van der Waals surface area contributed by atoms with Crippen LogP contribution >= 0.6 is 0 Å². The number of hydrogen-bond donors (Lipinski definition) is 14. The fraction of sp³-hybridized carbons (Fsp3) is 0.894. The van der Waals surface area contributed by atoms with Gasteiger partial charge in [0.15, 0.2) is 12.6 Å². The number of aliphatic hydroxyl groups excluding tert-OH is 11. The number of allylic oxidation sites excluding steroid dienone is 5. The summed E-state index contributed by atoms with van der Waals surface area (Å²) in [5.41, 5.74) is 0. The van der Waals surface area contributed by atoms with Gasteiger partial charge in [0.25, 0.3) is 5.79 Å². The van der Waals surface area contributed by atoms with Gasteiger partial charge in [-0.15, -0.1) is 0 Å². The highest BCUT2D eigenvalue weighted by Gasteiger charge is 2.60. The molecule has 18 unspecified atom stereocenters. The molecule has 0 bridgehead atoms. The quantitative estimate of drug-likeness (QED) is 0.0199. The number of rotatable bonds is 69. The number of ether oxygens (including phenoxy) is 6. The van der Waals surface area contributed by atoms with Crippen molar-refractivity contribution in [3.8, 4) is 0 Å². The monoisotopic (exact) mass is 1540 g/mol. The van der Waals surface area contributed by atoms with Gasteiger partial charge in [-0.2, -0.15) is 0 Å². The van der Waals surface area contributed by atoms with E-state index in [9.17, 15) is 75.7 Å². The maximum Gasteiger partial charge on any atom is 0.364 e. The number of aliphatic hydroxyl groups is 11. The van der Waals surface area contributed by atoms with Crippen LogP contribution in [0.1, 0.15) is 348 Å². The SMILES string of the molecule is CCCCCCCCCCCCCCC/C=C/C(O)C(COC1OC(CO)C(OC2OC(CO)C(O)C(OC3(C(=O)O)CC(O)C(NC(C)=O)C(C(O)C(O)CO)O3)C2O)C(O)C1O)NC(=O)CCCCCCCCCCCCCCCCCCC/C=C\C/C=C\CCCCCCCCCCCCCCCCC. The highest BCUT2D eigenvalue weighted by atomic mass is 16.8. The second kappa shape index (κ2) is 63.3. The smallest absolute Gasteiger partial charge is 0.364 e. The van der Waals surface area contributed by atoms with E-state index in [2.05, 4.69) is 48.8 Å². The Morgan fingerprint density at radius 1 is 0.491 bits per heavy atom. The van der Waals surface area contributed by atoms with Gasteiger partial charge in [-0.05, 0) is 51.4 Å². The largest absolute Gasteiger partial charge is 0.477 e. The van der Waals surface area contributed by atoms with Crippen molar-refractivity contribution in [2.45, 2.75) is 458 Å². The van der Waals surface area contributed by atoms with Crippen LogP contribution in [-0.4, -0.2) is 215 Å². The summed E-state index contributed by atoms with van der Waals surface area (Å²) in [4.78, 5) is 38.7. The molecule has 0 aromatic heterocycles. The van der Waals surface area contributed by atoms with Gasteiger partial charge in [-0.1, -0.05) is 314 Å². The standard InChI is InChI=1S/C85H156N2O21/c1-4-6-8-10-12-14-16-18-20-21-22-23-24-25-26-27-28-29-30-31-32-33-34-35-36-37-38-39-40-41-42-43-45-47-49-51-53-55-57-59-72(95)87-66(67(92)58-56-54-52-50-48-46-44-19-17-15-13-11-9-7-5-2)64-103-82-77(99)76(98)79(71(63-90)105-82)106-83-78(100)81(75(97)70(62-89)104-83)108-85(84(101)102)60-68(93)73(86-65(3)91)80(107-85)74(96)69(94)61-88/h28-29,31-32,56,58,66-71,73-83,88-90,92-94,96-100H,4-27,30,33-55,57,59-64H2,1-3H3,(H,86,91)(H,87,95)(H,101,102)/b29-28-,32-31-,58-56+. The number of hydrogen-bond acceptors (Lipinski definition) is 20. The van der Waals surface area contributed by atoms with E-state index in [0.717, 1.165) is 58.3 Å². The minimum absolute atomic E-state index is 0.202. The first-order chi connectivity index (χ1) is 52.4. The lowest BCUT2D eigenvalue weighted by molar-refractivity contribution is -0.386. The molecule has 0 aliphatic carbocycles. The number of nitrogens with one attached hydrogen (secondary N) is 2. The molecule has 18 atom stereocenters. The number of carbonyl (C=O) groups is 3. The molecule has 0 aromatic rings. The fourth-order valence-electron chi connectivity index (χ4n) is 15.0. The van der Waals surface area contributed by atoms with Crippen LogP contribution in [0.25, 0.3) is 0 Å². The highest BCUT2D eigenvalue weighted by Crippen LogP contribution is 2.39. The Balaban J connectivity index is 1.40. The van der Waals surface area contributed by atoms with Crippen molar-refractivity contribution in [1.29, 1.82) is 0 Å². The van der Waals surface area contributed by atoms with Crippen LogP contribution in [0.2, 0.25) is 0 Å². The van der Waals surface area contributed by atoms with E-state index in [0.29, 0.717) is 12.8 Å². The molecular formula is C85H156N2O21. The number of carboxylic acids is 1. The number of unbranched alkanes of at least 4 members (excludes halogenated alkanes) is 45. The predicted octanol–water partition coefficient (Wildman–Crippen LogP) is 12.9. The van der Waals surface area contributed by atoms with E-state index in [1.807, 2.05) is 6.08 Å². The molecule has 3 saturated heterocycles. The molecule has 3 heterocycles. The number of carbonyl (C=O) groups excluding carboxylic acids is 2. The average Bonchev–Trinajstić information content (AvgIpc) is 0.753. The Hall–Kier alpha value is -3.05. The molecule has 3 aliphatic rings. The van der Waals surface area contributed by atoms with Crippen LogP contribution < -0.4 is 10.6 Å². The molecular weight excluding hydrogens is 1380 g/mol. The van der Waals surface area contributed by atoms with Gasteiger partial charge in [0, 0.05) is 19.8 Å². The van der Waals surface area contributed by atoms with E-state index in [1.165, 1.54) is 250 Å². The lowest BCUT2D eigenvalue weighted by atomic mass is 9.88. The minimum Gasteiger partial charge on any atom is -0.477 e. The number of aliphatic carboxylic acids is 1. The van der Waals surface area contributed by atoms with Gasteiger partial charge >= 0.3 is 5.97 Å². The number of carboxylic acid groups (broad SMARTS) is 1. The van der Waals surface area contributed by atoms with Gasteiger partial charge in [0.2, 0.25) is 11.8 Å². The van der Waals surface area contributed by atoms with Crippen molar-refractivity contribution in [2.24, 2.45) is 0 Å². The van der Waals surface area contributed by atoms with Crippen molar-refractivity contribution in [2.75, 3.05) is 26.4 Å². The molecule has 0 saturated carbocycles. The van der Waals surface area contributed by atoms with Crippen molar-refractivity contribution in [1.82, 2.24) is 10.6 Å². The molecule has 23 nitrogen and oxygen atoms in total. The summed E-state index contributed by atoms with van der Waals surface area (Å²) in [5, 5.41) is 136. The minimum atomic E-state index is -3.08. The summed E-state index contributed by atoms with van der Waals surface area (Å²) >= 11 is 0. The third kappa shape index (κ3) is 42.4. The van der Waals surface area contributed by atoms with E-state index in [-0.39, 0.29) is 12.3 Å². The van der Waals surface area contributed by atoms with Gasteiger partial charge in [-0.3, -0.25) is 9.59 Å². The van der Waals surface area contributed by atoms with E-state index < -0.39 is 155 Å². The van der Waals surface area contributed by atoms with E-state index in [4.69, 9.17) is 28.4 Å². The topological polar surface area (TPSA) is 373 Å². The van der Waals surface area contributed by atoms with Crippen LogP contribution in [0.15, 0.2) is 36.5 Å². The zero-order valence-electron chi connectivity index (χ0n) is 67.2. The van der Waals surface area contributed by atoms with Gasteiger partial charge < -0.3 is 100 Å². The first-order valence-corrected chi connectivity index (χ1v) is 43.4. The normalized spacial score (nSPS) is 26.0. The first-order valence-electron chi connectivity index (χ1n) is 43.4. The summed E-state index contributed by atoms with van der Waals surface area (Å²) in [6.45, 7) is 2.18. The summed E-state index contributed by atoms with van der Waals surface area (Å²) in [6.07, 6.45) is 45.1. The predicted molar refractivity (Wildman–Crippen MR) is 421 cm³/mol. The molecule has 3 fully saturated rings. The summed E-state index contributed by atoms with van der Waals surface area (Å²) < 4.78 is 34.9.